The zero-order chi connectivity index (χ0) is 82.1. The summed E-state index contributed by atoms with van der Waals surface area (Å²) in [7, 11) is 0. The number of Topliss-reactive ketones (excluding diaryl/α,β-unsaturated/α-hetero) is 3. The predicted molar refractivity (Wildman–Crippen MR) is 477 cm³/mol. The van der Waals surface area contributed by atoms with Crippen molar-refractivity contribution in [1.29, 1.82) is 0 Å². The maximum absolute atomic E-state index is 13.5. The fraction of sp³-hybridized carbons (Fsp3) is 0.343. The topological polar surface area (TPSA) is 177 Å². The van der Waals surface area contributed by atoms with E-state index in [1.54, 1.807) is 18.6 Å². The Bertz CT molecular complexity index is 5440. The third kappa shape index (κ3) is 22.2. The molecule has 3 saturated carbocycles. The van der Waals surface area contributed by atoms with Crippen LogP contribution in [0.5, 0.6) is 0 Å². The van der Waals surface area contributed by atoms with Gasteiger partial charge in [0.2, 0.25) is 0 Å². The summed E-state index contributed by atoms with van der Waals surface area (Å²) in [6.45, 7) is 19.3. The van der Waals surface area contributed by atoms with Crippen LogP contribution in [-0.2, 0) is 19.3 Å². The lowest BCUT2D eigenvalue weighted by molar-refractivity contribution is 0.0914. The second-order valence-corrected chi connectivity index (χ2v) is 35.0. The second-order valence-electron chi connectivity index (χ2n) is 35.0. The van der Waals surface area contributed by atoms with Gasteiger partial charge in [-0.1, -0.05) is 208 Å². The molecule has 12 aromatic rings. The van der Waals surface area contributed by atoms with E-state index in [1.807, 2.05) is 153 Å². The van der Waals surface area contributed by atoms with Gasteiger partial charge in [0.25, 0.3) is 17.7 Å². The number of aromatic nitrogens is 3. The van der Waals surface area contributed by atoms with Crippen molar-refractivity contribution in [2.45, 2.75) is 202 Å². The number of hydrogen-bond acceptors (Lipinski definition) is 9. The Morgan fingerprint density at radius 3 is 0.923 bits per heavy atom. The highest BCUT2D eigenvalue weighted by Gasteiger charge is 2.27. The SMILES string of the molecule is CC(C)CC(=O)c1cnc2ccc(-c3ccc(C(=O)NC4CCC(C)CC4)cc3)cc2c1Cc1ccccc1.CC1CCC(NC(=O)c2ccc(-c3ccc4ncc(C(=O)CC(C)(C)C)c(Cc5ccccc5)c4c3)cc2)CC1.CCCC(=O)c1cnc2ccc(-c3ccc(C(=O)NC4CCC(C)CC4)cc3)cc2c1Cc1ccccc1. The zero-order valence-electron chi connectivity index (χ0n) is 69.8. The fourth-order valence-electron chi connectivity index (χ4n) is 16.9. The van der Waals surface area contributed by atoms with Crippen LogP contribution in [0.2, 0.25) is 0 Å². The molecule has 0 unspecified atom stereocenters. The summed E-state index contributed by atoms with van der Waals surface area (Å²) in [5.41, 5.74) is 19.5. The van der Waals surface area contributed by atoms with E-state index >= 15 is 0 Å². The molecule has 3 aromatic heterocycles. The number of amides is 3. The van der Waals surface area contributed by atoms with Crippen molar-refractivity contribution >= 4 is 67.8 Å². The van der Waals surface area contributed by atoms with Gasteiger partial charge in [-0.25, -0.2) is 0 Å². The van der Waals surface area contributed by atoms with Gasteiger partial charge < -0.3 is 16.0 Å². The minimum absolute atomic E-state index is 0.000893. The van der Waals surface area contributed by atoms with Gasteiger partial charge in [0.05, 0.1) is 16.6 Å². The lowest BCUT2D eigenvalue weighted by atomic mass is 9.85. The smallest absolute Gasteiger partial charge is 0.251 e. The summed E-state index contributed by atoms with van der Waals surface area (Å²) in [5, 5.41) is 12.7. The van der Waals surface area contributed by atoms with E-state index in [1.165, 1.54) is 44.1 Å². The summed E-state index contributed by atoms with van der Waals surface area (Å²) in [4.78, 5) is 92.3. The van der Waals surface area contributed by atoms with Crippen LogP contribution in [0.15, 0.2) is 237 Å². The standard InChI is InChI=1S/C36H40N2O2.C35H38N2O2.C34H36N2O2/c1-24-10-17-29(18-11-24)38-35(40)27-14-12-26(13-15-27)28-16-19-33-31(21-28)30(20-25-8-6-5-7-9-25)32(23-37-33)34(39)22-36(2,3)4;1-23(2)19-34(38)32-22-36-33-18-15-28(21-31(33)30(32)20-25-7-5-4-6-8-25)26-11-13-27(14-12-26)35(39)37-29-16-9-24(3)10-17-29;1-3-7-33(37)31-22-35-32-19-16-27(21-30(32)29(31)20-24-8-5-4-6-9-24)25-12-14-26(15-13-25)34(38)36-28-17-10-23(2)11-18-28/h5-9,12-16,19,21,23-24,29H,10-11,17-18,20,22H2,1-4H3,(H,38,40);4-8,11-15,18,21-24,29H,9-10,16-17,19-20H2,1-3H3,(H,37,39);4-6,8-9,12-16,19,21-23,28H,3,7,10-11,17-18,20H2,1-2H3,(H,36,38). The largest absolute Gasteiger partial charge is 0.349 e. The van der Waals surface area contributed by atoms with E-state index in [4.69, 9.17) is 4.98 Å². The molecule has 0 spiro atoms. The summed E-state index contributed by atoms with van der Waals surface area (Å²) >= 11 is 0. The molecule has 0 radical (unpaired) electrons. The number of ketones is 3. The highest BCUT2D eigenvalue weighted by Crippen LogP contribution is 2.37. The average molecular weight is 1560 g/mol. The molecule has 0 bridgehead atoms. The van der Waals surface area contributed by atoms with E-state index in [0.29, 0.717) is 71.9 Å². The number of pyridine rings is 3. The molecule has 15 rings (SSSR count). The molecule has 3 fully saturated rings. The average Bonchev–Trinajstić information content (AvgIpc) is 0.783. The lowest BCUT2D eigenvalue weighted by Crippen LogP contribution is -2.37. The van der Waals surface area contributed by atoms with Crippen molar-refractivity contribution in [2.75, 3.05) is 0 Å². The molecule has 3 heterocycles. The zero-order valence-corrected chi connectivity index (χ0v) is 69.8. The number of nitrogens with zero attached hydrogens (tertiary/aromatic N) is 3. The van der Waals surface area contributed by atoms with E-state index in [9.17, 15) is 28.8 Å². The van der Waals surface area contributed by atoms with Crippen LogP contribution in [0, 0.1) is 29.1 Å². The maximum Gasteiger partial charge on any atom is 0.251 e. The fourth-order valence-corrected chi connectivity index (χ4v) is 16.9. The van der Waals surface area contributed by atoms with Gasteiger partial charge in [0.1, 0.15) is 0 Å². The highest BCUT2D eigenvalue weighted by atomic mass is 16.2. The van der Waals surface area contributed by atoms with Crippen LogP contribution in [0.25, 0.3) is 66.1 Å². The number of carbonyl (C=O) groups excluding carboxylic acids is 6. The van der Waals surface area contributed by atoms with E-state index in [-0.39, 0.29) is 64.5 Å². The molecule has 12 heteroatoms. The minimum Gasteiger partial charge on any atom is -0.349 e. The Labute approximate surface area is 692 Å². The summed E-state index contributed by atoms with van der Waals surface area (Å²) < 4.78 is 0. The number of hydrogen-bond donors (Lipinski definition) is 3. The summed E-state index contributed by atoms with van der Waals surface area (Å²) in [6, 6.07) is 73.9. The second kappa shape index (κ2) is 39.1. The van der Waals surface area contributed by atoms with E-state index in [0.717, 1.165) is 157 Å². The molecule has 117 heavy (non-hydrogen) atoms. The van der Waals surface area contributed by atoms with Crippen LogP contribution < -0.4 is 16.0 Å². The van der Waals surface area contributed by atoms with Crippen molar-refractivity contribution in [3.8, 4) is 33.4 Å². The molecule has 3 aliphatic rings. The molecule has 3 aliphatic carbocycles. The van der Waals surface area contributed by atoms with Crippen molar-refractivity contribution < 1.29 is 28.8 Å². The number of carbonyl (C=O) groups is 6. The van der Waals surface area contributed by atoms with Crippen LogP contribution in [0.1, 0.15) is 261 Å². The number of fused-ring (bicyclic) bond motifs is 3. The summed E-state index contributed by atoms with van der Waals surface area (Å²) in [5.74, 6) is 2.96. The van der Waals surface area contributed by atoms with Gasteiger partial charge in [-0.15, -0.1) is 0 Å². The van der Waals surface area contributed by atoms with Gasteiger partial charge in [-0.3, -0.25) is 43.7 Å². The number of nitrogens with one attached hydrogen (secondary N) is 3. The molecular weight excluding hydrogens is 1440 g/mol. The van der Waals surface area contributed by atoms with Gasteiger partial charge in [-0.2, -0.15) is 0 Å². The van der Waals surface area contributed by atoms with Crippen LogP contribution in [0.4, 0.5) is 0 Å². The first kappa shape index (κ1) is 83.6. The monoisotopic (exact) mass is 1550 g/mol. The Balaban J connectivity index is 0.000000152. The molecule has 0 aliphatic heterocycles. The highest BCUT2D eigenvalue weighted by molar-refractivity contribution is 6.05. The molecular formula is C105H114N6O6. The molecule has 0 atom stereocenters. The molecule has 3 N–H and O–H groups in total. The first-order chi connectivity index (χ1) is 56.5. The minimum atomic E-state index is -0.110. The Morgan fingerprint density at radius 1 is 0.359 bits per heavy atom. The molecule has 600 valence electrons. The quantitative estimate of drug-likeness (QED) is 0.0526. The van der Waals surface area contributed by atoms with E-state index in [2.05, 4.69) is 154 Å². The van der Waals surface area contributed by atoms with Crippen molar-refractivity contribution in [3.05, 3.63) is 304 Å². The van der Waals surface area contributed by atoms with Crippen molar-refractivity contribution in [3.63, 3.8) is 0 Å². The number of rotatable bonds is 23. The van der Waals surface area contributed by atoms with Gasteiger partial charge >= 0.3 is 0 Å². The predicted octanol–water partition coefficient (Wildman–Crippen LogP) is 24.2. The number of benzene rings is 9. The molecule has 9 aromatic carbocycles. The molecule has 12 nitrogen and oxygen atoms in total. The summed E-state index contributed by atoms with van der Waals surface area (Å²) in [6.07, 6.45) is 23.0. The van der Waals surface area contributed by atoms with Gasteiger partial charge in [0.15, 0.2) is 17.3 Å². The van der Waals surface area contributed by atoms with Crippen LogP contribution in [0.3, 0.4) is 0 Å². The third-order valence-electron chi connectivity index (χ3n) is 23.8. The lowest BCUT2D eigenvalue weighted by Gasteiger charge is -2.26. The Hall–Kier alpha value is -11.4. The molecule has 3 amide bonds. The van der Waals surface area contributed by atoms with Crippen LogP contribution in [-0.4, -0.2) is 68.1 Å². The normalized spacial score (nSPS) is 17.4. The van der Waals surface area contributed by atoms with E-state index < -0.39 is 0 Å². The third-order valence-corrected chi connectivity index (χ3v) is 23.8. The Kier molecular flexibility index (Phi) is 27.9. The van der Waals surface area contributed by atoms with Crippen molar-refractivity contribution in [2.24, 2.45) is 29.1 Å². The van der Waals surface area contributed by atoms with Gasteiger partial charge in [0, 0.05) is 106 Å². The molecule has 0 saturated heterocycles. The maximum atomic E-state index is 13.5. The van der Waals surface area contributed by atoms with Crippen molar-refractivity contribution in [1.82, 2.24) is 30.9 Å². The first-order valence-electron chi connectivity index (χ1n) is 42.7. The first-order valence-corrected chi connectivity index (χ1v) is 42.7. The van der Waals surface area contributed by atoms with Gasteiger partial charge in [-0.05, 0) is 271 Å². The Morgan fingerprint density at radius 2 is 0.641 bits per heavy atom. The van der Waals surface area contributed by atoms with Crippen LogP contribution >= 0.6 is 0 Å².